The fourth-order valence-corrected chi connectivity index (χ4v) is 10.1. The van der Waals surface area contributed by atoms with Gasteiger partial charge in [0.1, 0.15) is 4.87 Å². The second-order valence-electron chi connectivity index (χ2n) is 1.91. The normalized spacial score (nSPS) is 16.5. The standard InChI is InChI=1S/C3H6Cl4O2SSi/c1-2-3(10(4,8)9)11(5,6)7/h3H,2H2,1H3. The van der Waals surface area contributed by atoms with Crippen LogP contribution in [0, 0.1) is 0 Å². The molecule has 0 aliphatic rings. The molecule has 68 valence electrons. The molecule has 0 saturated heterocycles. The zero-order valence-electron chi connectivity index (χ0n) is 5.52. The van der Waals surface area contributed by atoms with E-state index in [1.54, 1.807) is 6.92 Å². The quantitative estimate of drug-likeness (QED) is 0.451. The smallest absolute Gasteiger partial charge is 0.212 e. The van der Waals surface area contributed by atoms with Crippen molar-refractivity contribution in [2.75, 3.05) is 0 Å². The molecule has 0 aromatic heterocycles. The lowest BCUT2D eigenvalue weighted by Crippen LogP contribution is -2.35. The molecule has 0 bridgehead atoms. The van der Waals surface area contributed by atoms with Gasteiger partial charge in [-0.25, -0.2) is 8.42 Å². The lowest BCUT2D eigenvalue weighted by Gasteiger charge is -2.16. The lowest BCUT2D eigenvalue weighted by molar-refractivity contribution is 0.604. The minimum Gasteiger partial charge on any atom is -0.212 e. The molecule has 0 aromatic carbocycles. The molecule has 1 unspecified atom stereocenters. The molecule has 0 aliphatic heterocycles. The highest BCUT2D eigenvalue weighted by molar-refractivity contribution is 8.17. The molecule has 0 aliphatic carbocycles. The fourth-order valence-electron chi connectivity index (χ4n) is 0.590. The van der Waals surface area contributed by atoms with Crippen LogP contribution in [0.1, 0.15) is 13.3 Å². The minimum absolute atomic E-state index is 0.231. The van der Waals surface area contributed by atoms with Crippen LogP contribution in [0.3, 0.4) is 0 Å². The summed E-state index contributed by atoms with van der Waals surface area (Å²) in [4.78, 5) is -1.01. The Morgan fingerprint density at radius 1 is 1.36 bits per heavy atom. The highest BCUT2D eigenvalue weighted by Gasteiger charge is 2.43. The van der Waals surface area contributed by atoms with E-state index in [1.807, 2.05) is 0 Å². The third-order valence-electron chi connectivity index (χ3n) is 1.08. The van der Waals surface area contributed by atoms with Crippen LogP contribution >= 0.6 is 43.9 Å². The van der Waals surface area contributed by atoms with Gasteiger partial charge in [0.05, 0.1) is 0 Å². The SMILES string of the molecule is CCC([Si](Cl)(Cl)Cl)S(=O)(=O)Cl. The van der Waals surface area contributed by atoms with Gasteiger partial charge in [0, 0.05) is 10.7 Å². The lowest BCUT2D eigenvalue weighted by atomic mass is 10.6. The Balaban J connectivity index is 4.72. The van der Waals surface area contributed by atoms with Crippen LogP contribution in [0.15, 0.2) is 0 Å². The second-order valence-corrected chi connectivity index (χ2v) is 14.0. The van der Waals surface area contributed by atoms with Crippen LogP contribution in [0.2, 0.25) is 0 Å². The molecular formula is C3H6Cl4O2SSi. The Labute approximate surface area is 85.3 Å². The Morgan fingerprint density at radius 2 is 1.73 bits per heavy atom. The van der Waals surface area contributed by atoms with Gasteiger partial charge in [0.2, 0.25) is 9.05 Å². The summed E-state index contributed by atoms with van der Waals surface area (Å²) in [6.45, 7) is 1.61. The summed E-state index contributed by atoms with van der Waals surface area (Å²) in [7, 11) is 1.30. The van der Waals surface area contributed by atoms with Crippen LogP contribution < -0.4 is 0 Å². The molecule has 2 nitrogen and oxygen atoms in total. The molecule has 0 fully saturated rings. The van der Waals surface area contributed by atoms with Crippen molar-refractivity contribution in [3.63, 3.8) is 0 Å². The van der Waals surface area contributed by atoms with Crippen LogP contribution in [0.5, 0.6) is 0 Å². The van der Waals surface area contributed by atoms with Crippen molar-refractivity contribution in [1.82, 2.24) is 0 Å². The van der Waals surface area contributed by atoms with Crippen molar-refractivity contribution in [2.24, 2.45) is 0 Å². The van der Waals surface area contributed by atoms with E-state index in [-0.39, 0.29) is 6.42 Å². The van der Waals surface area contributed by atoms with Crippen molar-refractivity contribution in [3.8, 4) is 0 Å². The maximum Gasteiger partial charge on any atom is 0.359 e. The first-order valence-electron chi connectivity index (χ1n) is 2.69. The first-order chi connectivity index (χ1) is 4.69. The first-order valence-corrected chi connectivity index (χ1v) is 10.2. The summed E-state index contributed by atoms with van der Waals surface area (Å²) in [6.07, 6.45) is 0.231. The van der Waals surface area contributed by atoms with Gasteiger partial charge in [-0.2, -0.15) is 0 Å². The zero-order chi connectivity index (χ0) is 9.28. The molecule has 0 spiro atoms. The zero-order valence-corrected chi connectivity index (χ0v) is 10.4. The van der Waals surface area contributed by atoms with Crippen molar-refractivity contribution >= 4 is 59.0 Å². The van der Waals surface area contributed by atoms with E-state index in [2.05, 4.69) is 0 Å². The summed E-state index contributed by atoms with van der Waals surface area (Å²) < 4.78 is 21.5. The highest BCUT2D eigenvalue weighted by atomic mass is 35.8. The van der Waals surface area contributed by atoms with Gasteiger partial charge in [-0.3, -0.25) is 0 Å². The van der Waals surface area contributed by atoms with Crippen molar-refractivity contribution in [1.29, 1.82) is 0 Å². The van der Waals surface area contributed by atoms with Crippen molar-refractivity contribution in [2.45, 2.75) is 18.2 Å². The molecule has 0 heterocycles. The van der Waals surface area contributed by atoms with Crippen LogP contribution in [0.4, 0.5) is 0 Å². The predicted octanol–water partition coefficient (Wildman–Crippen LogP) is 2.53. The monoisotopic (exact) mass is 274 g/mol. The largest absolute Gasteiger partial charge is 0.359 e. The third-order valence-corrected chi connectivity index (χ3v) is 9.85. The Hall–Kier alpha value is 1.33. The minimum atomic E-state index is -3.73. The number of hydrogen-bond acceptors (Lipinski definition) is 2. The summed E-state index contributed by atoms with van der Waals surface area (Å²) >= 11 is 16.5. The van der Waals surface area contributed by atoms with E-state index in [9.17, 15) is 8.42 Å². The Morgan fingerprint density at radius 3 is 1.73 bits per heavy atom. The number of rotatable bonds is 3. The number of hydrogen-bond donors (Lipinski definition) is 0. The number of halogens is 4. The molecule has 0 amide bonds. The first kappa shape index (κ1) is 12.3. The van der Waals surface area contributed by atoms with Crippen LogP contribution in [0.25, 0.3) is 0 Å². The van der Waals surface area contributed by atoms with E-state index >= 15 is 0 Å². The van der Waals surface area contributed by atoms with Gasteiger partial charge in [-0.1, -0.05) is 6.92 Å². The molecule has 1 atom stereocenters. The fraction of sp³-hybridized carbons (Fsp3) is 1.00. The summed E-state index contributed by atoms with van der Waals surface area (Å²) in [5, 5.41) is 0. The summed E-state index contributed by atoms with van der Waals surface area (Å²) in [5.41, 5.74) is 0. The molecule has 0 rings (SSSR count). The molecule has 0 aromatic rings. The molecule has 8 heteroatoms. The maximum absolute atomic E-state index is 10.8. The van der Waals surface area contributed by atoms with Gasteiger partial charge in [-0.05, 0) is 6.42 Å². The van der Waals surface area contributed by atoms with Gasteiger partial charge in [0.25, 0.3) is 0 Å². The average Bonchev–Trinajstić information content (AvgIpc) is 1.56. The van der Waals surface area contributed by atoms with E-state index in [1.165, 1.54) is 0 Å². The van der Waals surface area contributed by atoms with Crippen molar-refractivity contribution < 1.29 is 8.42 Å². The van der Waals surface area contributed by atoms with E-state index in [0.717, 1.165) is 0 Å². The predicted molar refractivity (Wildman–Crippen MR) is 52.2 cm³/mol. The van der Waals surface area contributed by atoms with Gasteiger partial charge in [-0.15, -0.1) is 33.2 Å². The van der Waals surface area contributed by atoms with Gasteiger partial charge < -0.3 is 0 Å². The molecule has 0 radical (unpaired) electrons. The van der Waals surface area contributed by atoms with Crippen molar-refractivity contribution in [3.05, 3.63) is 0 Å². The topological polar surface area (TPSA) is 34.1 Å². The Bertz CT molecular complexity index is 220. The summed E-state index contributed by atoms with van der Waals surface area (Å²) in [5.74, 6) is 0. The second kappa shape index (κ2) is 4.02. The van der Waals surface area contributed by atoms with Crippen LogP contribution in [-0.4, -0.2) is 19.3 Å². The van der Waals surface area contributed by atoms with E-state index < -0.39 is 19.9 Å². The van der Waals surface area contributed by atoms with Gasteiger partial charge in [0.15, 0.2) is 0 Å². The Kier molecular flexibility index (Phi) is 4.51. The third kappa shape index (κ3) is 4.19. The van der Waals surface area contributed by atoms with E-state index in [0.29, 0.717) is 0 Å². The average molecular weight is 276 g/mol. The van der Waals surface area contributed by atoms with Crippen LogP contribution in [-0.2, 0) is 9.05 Å². The van der Waals surface area contributed by atoms with Gasteiger partial charge >= 0.3 is 6.00 Å². The molecule has 11 heavy (non-hydrogen) atoms. The van der Waals surface area contributed by atoms with E-state index in [4.69, 9.17) is 43.9 Å². The summed E-state index contributed by atoms with van der Waals surface area (Å²) in [6, 6.07) is -3.23. The molecule has 0 N–H and O–H groups in total. The molecular weight excluding hydrogens is 270 g/mol. The highest BCUT2D eigenvalue weighted by Crippen LogP contribution is 2.32. The molecule has 0 saturated carbocycles. The maximum atomic E-state index is 10.8.